The minimum Gasteiger partial charge on any atom is -0.207 e. The molecule has 1 fully saturated rings. The molecule has 134 valence electrons. The van der Waals surface area contributed by atoms with Gasteiger partial charge in [-0.15, -0.1) is 0 Å². The fourth-order valence-corrected chi connectivity index (χ4v) is 4.59. The third-order valence-corrected chi connectivity index (χ3v) is 6.15. The highest BCUT2D eigenvalue weighted by Crippen LogP contribution is 2.39. The second-order valence-corrected chi connectivity index (χ2v) is 8.12. The van der Waals surface area contributed by atoms with Crippen LogP contribution in [0.4, 0.5) is 13.2 Å². The van der Waals surface area contributed by atoms with Crippen molar-refractivity contribution in [3.8, 4) is 0 Å². The Morgan fingerprint density at radius 2 is 1.64 bits per heavy atom. The Labute approximate surface area is 145 Å². The Bertz CT molecular complexity index is 857. The summed E-state index contributed by atoms with van der Waals surface area (Å²) in [5, 5.41) is 0. The molecule has 1 aliphatic rings. The number of hydrogen-bond acceptors (Lipinski definition) is 2. The van der Waals surface area contributed by atoms with Crippen LogP contribution in [0.2, 0.25) is 0 Å². The fourth-order valence-electron chi connectivity index (χ4n) is 2.70. The van der Waals surface area contributed by atoms with E-state index in [0.717, 1.165) is 23.3 Å². The van der Waals surface area contributed by atoms with Crippen molar-refractivity contribution in [1.82, 2.24) is 4.31 Å². The third-order valence-electron chi connectivity index (χ3n) is 4.19. The molecule has 0 atom stereocenters. The molecule has 3 rings (SSSR count). The number of nitrogens with zero attached hydrogens (tertiary/aromatic N) is 1. The van der Waals surface area contributed by atoms with Crippen LogP contribution in [0.15, 0.2) is 53.4 Å². The van der Waals surface area contributed by atoms with Crippen LogP contribution in [0.3, 0.4) is 0 Å². The average molecular weight is 369 g/mol. The monoisotopic (exact) mass is 369 g/mol. The topological polar surface area (TPSA) is 37.4 Å². The largest absolute Gasteiger partial charge is 0.417 e. The first-order chi connectivity index (χ1) is 11.7. The number of rotatable bonds is 5. The van der Waals surface area contributed by atoms with E-state index in [4.69, 9.17) is 0 Å². The molecule has 0 saturated heterocycles. The second kappa shape index (κ2) is 6.46. The van der Waals surface area contributed by atoms with Crippen molar-refractivity contribution in [2.24, 2.45) is 0 Å². The van der Waals surface area contributed by atoms with Crippen molar-refractivity contribution in [3.05, 3.63) is 65.2 Å². The number of alkyl halides is 3. The van der Waals surface area contributed by atoms with Crippen LogP contribution in [-0.2, 0) is 22.7 Å². The summed E-state index contributed by atoms with van der Waals surface area (Å²) in [6, 6.07) is 11.4. The van der Waals surface area contributed by atoms with Gasteiger partial charge < -0.3 is 0 Å². The van der Waals surface area contributed by atoms with Gasteiger partial charge in [0.05, 0.1) is 10.5 Å². The molecule has 0 unspecified atom stereocenters. The Kier molecular flexibility index (Phi) is 4.64. The summed E-state index contributed by atoms with van der Waals surface area (Å²) in [5.41, 5.74) is 0.669. The predicted molar refractivity (Wildman–Crippen MR) is 88.4 cm³/mol. The van der Waals surface area contributed by atoms with Crippen molar-refractivity contribution in [1.29, 1.82) is 0 Å². The van der Waals surface area contributed by atoms with Crippen molar-refractivity contribution in [2.45, 2.75) is 43.4 Å². The average Bonchev–Trinajstić information content (AvgIpc) is 3.38. The summed E-state index contributed by atoms with van der Waals surface area (Å²) in [7, 11) is -4.25. The van der Waals surface area contributed by atoms with Gasteiger partial charge >= 0.3 is 6.18 Å². The number of halogens is 3. The van der Waals surface area contributed by atoms with Crippen molar-refractivity contribution < 1.29 is 21.6 Å². The minimum absolute atomic E-state index is 0.0689. The van der Waals surface area contributed by atoms with Crippen LogP contribution in [0.1, 0.15) is 29.5 Å². The summed E-state index contributed by atoms with van der Waals surface area (Å²) >= 11 is 0. The molecule has 0 heterocycles. The van der Waals surface area contributed by atoms with E-state index in [1.165, 1.54) is 16.4 Å². The van der Waals surface area contributed by atoms with Gasteiger partial charge in [-0.3, -0.25) is 0 Å². The molecule has 0 spiro atoms. The van der Waals surface area contributed by atoms with E-state index < -0.39 is 26.7 Å². The Morgan fingerprint density at radius 1 is 1.04 bits per heavy atom. The maximum atomic E-state index is 13.2. The molecule has 0 N–H and O–H groups in total. The van der Waals surface area contributed by atoms with Gasteiger partial charge in [-0.25, -0.2) is 8.42 Å². The van der Waals surface area contributed by atoms with Crippen molar-refractivity contribution in [2.75, 3.05) is 0 Å². The molecule has 3 nitrogen and oxygen atoms in total. The Morgan fingerprint density at radius 3 is 2.20 bits per heavy atom. The van der Waals surface area contributed by atoms with E-state index in [1.54, 1.807) is 12.1 Å². The molecule has 1 saturated carbocycles. The van der Waals surface area contributed by atoms with Crippen LogP contribution in [0, 0.1) is 6.92 Å². The Hall–Kier alpha value is -1.86. The van der Waals surface area contributed by atoms with E-state index >= 15 is 0 Å². The SMILES string of the molecule is Cc1ccc(CN(C2CC2)S(=O)(=O)c2ccccc2C(F)(F)F)cc1. The molecule has 2 aromatic carbocycles. The lowest BCUT2D eigenvalue weighted by Crippen LogP contribution is -2.34. The van der Waals surface area contributed by atoms with Gasteiger partial charge in [0.1, 0.15) is 0 Å². The summed E-state index contributed by atoms with van der Waals surface area (Å²) in [6.07, 6.45) is -3.39. The highest BCUT2D eigenvalue weighted by molar-refractivity contribution is 7.89. The van der Waals surface area contributed by atoms with Crippen LogP contribution >= 0.6 is 0 Å². The molecule has 7 heteroatoms. The van der Waals surface area contributed by atoms with Gasteiger partial charge in [0.15, 0.2) is 0 Å². The molecule has 0 amide bonds. The number of hydrogen-bond donors (Lipinski definition) is 0. The zero-order chi connectivity index (χ0) is 18.2. The molecule has 0 bridgehead atoms. The first-order valence-corrected chi connectivity index (χ1v) is 9.37. The summed E-state index contributed by atoms with van der Waals surface area (Å²) in [4.78, 5) is -0.679. The first-order valence-electron chi connectivity index (χ1n) is 7.93. The number of sulfonamides is 1. The fraction of sp³-hybridized carbons (Fsp3) is 0.333. The minimum atomic E-state index is -4.72. The molecule has 0 radical (unpaired) electrons. The summed E-state index contributed by atoms with van der Waals surface area (Å²) in [6.45, 7) is 1.98. The summed E-state index contributed by atoms with van der Waals surface area (Å²) in [5.74, 6) is 0. The number of benzene rings is 2. The number of aryl methyl sites for hydroxylation is 1. The van der Waals surface area contributed by atoms with Crippen LogP contribution in [0.25, 0.3) is 0 Å². The molecular weight excluding hydrogens is 351 g/mol. The molecule has 0 aliphatic heterocycles. The van der Waals surface area contributed by atoms with Crippen molar-refractivity contribution >= 4 is 10.0 Å². The van der Waals surface area contributed by atoms with Gasteiger partial charge in [0.2, 0.25) is 10.0 Å². The quantitative estimate of drug-likeness (QED) is 0.785. The van der Waals surface area contributed by atoms with E-state index in [-0.39, 0.29) is 12.6 Å². The zero-order valence-corrected chi connectivity index (χ0v) is 14.4. The first kappa shape index (κ1) is 17.9. The van der Waals surface area contributed by atoms with E-state index in [1.807, 2.05) is 19.1 Å². The smallest absolute Gasteiger partial charge is 0.207 e. The van der Waals surface area contributed by atoms with E-state index in [2.05, 4.69) is 0 Å². The van der Waals surface area contributed by atoms with Crippen LogP contribution < -0.4 is 0 Å². The maximum absolute atomic E-state index is 13.2. The van der Waals surface area contributed by atoms with E-state index in [9.17, 15) is 21.6 Å². The molecular formula is C18H18F3NO2S. The second-order valence-electron chi connectivity index (χ2n) is 6.26. The van der Waals surface area contributed by atoms with Crippen molar-refractivity contribution in [3.63, 3.8) is 0 Å². The summed E-state index contributed by atoms with van der Waals surface area (Å²) < 4.78 is 66.9. The lowest BCUT2D eigenvalue weighted by atomic mass is 10.1. The Balaban J connectivity index is 2.00. The highest BCUT2D eigenvalue weighted by Gasteiger charge is 2.43. The highest BCUT2D eigenvalue weighted by atomic mass is 32.2. The molecule has 0 aromatic heterocycles. The maximum Gasteiger partial charge on any atom is 0.417 e. The molecule has 2 aromatic rings. The van der Waals surface area contributed by atoms with Crippen LogP contribution in [0.5, 0.6) is 0 Å². The normalized spacial score (nSPS) is 15.6. The van der Waals surface area contributed by atoms with Gasteiger partial charge in [-0.05, 0) is 37.5 Å². The molecule has 1 aliphatic carbocycles. The van der Waals surface area contributed by atoms with Crippen LogP contribution in [-0.4, -0.2) is 18.8 Å². The predicted octanol–water partition coefficient (Wildman–Crippen LogP) is 4.37. The lowest BCUT2D eigenvalue weighted by molar-refractivity contribution is -0.139. The molecule has 25 heavy (non-hydrogen) atoms. The lowest BCUT2D eigenvalue weighted by Gasteiger charge is -2.24. The van der Waals surface area contributed by atoms with Gasteiger partial charge in [0, 0.05) is 12.6 Å². The third kappa shape index (κ3) is 3.88. The van der Waals surface area contributed by atoms with E-state index in [0.29, 0.717) is 12.8 Å². The zero-order valence-electron chi connectivity index (χ0n) is 13.6. The van der Waals surface area contributed by atoms with Gasteiger partial charge in [-0.1, -0.05) is 42.0 Å². The standard InChI is InChI=1S/C18H18F3NO2S/c1-13-6-8-14(9-7-13)12-22(15-10-11-15)25(23,24)17-5-3-2-4-16(17)18(19,20)21/h2-9,15H,10-12H2,1H3. The van der Waals surface area contributed by atoms with Gasteiger partial charge in [-0.2, -0.15) is 17.5 Å². The van der Waals surface area contributed by atoms with Gasteiger partial charge in [0.25, 0.3) is 0 Å².